The van der Waals surface area contributed by atoms with E-state index in [1.54, 1.807) is 0 Å². The summed E-state index contributed by atoms with van der Waals surface area (Å²) in [7, 11) is 0. The van der Waals surface area contributed by atoms with Gasteiger partial charge in [-0.3, -0.25) is 14.4 Å². The zero-order chi connectivity index (χ0) is 51.4. The quantitative estimate of drug-likeness (QED) is 0.0343. The maximum absolute atomic E-state index is 12.9. The molecule has 1 atom stereocenters. The first kappa shape index (κ1) is 69.4. The summed E-state index contributed by atoms with van der Waals surface area (Å²) in [6.45, 7) is 6.73. The molecule has 0 aromatic rings. The smallest absolute Gasteiger partial charge is 0.306 e. The van der Waals surface area contributed by atoms with Crippen LogP contribution in [0.3, 0.4) is 0 Å². The minimum atomic E-state index is -0.762. The van der Waals surface area contributed by atoms with Gasteiger partial charge in [0.25, 0.3) is 0 Å². The van der Waals surface area contributed by atoms with Crippen molar-refractivity contribution in [1.82, 2.24) is 0 Å². The second-order valence-electron chi connectivity index (χ2n) is 22.4. The highest BCUT2D eigenvalue weighted by Gasteiger charge is 2.19. The van der Waals surface area contributed by atoms with Crippen LogP contribution < -0.4 is 0 Å². The Labute approximate surface area is 444 Å². The summed E-state index contributed by atoms with van der Waals surface area (Å²) in [5.74, 6) is -0.823. The van der Waals surface area contributed by atoms with Crippen molar-refractivity contribution >= 4 is 17.9 Å². The predicted molar refractivity (Wildman–Crippen MR) is 307 cm³/mol. The molecule has 0 heterocycles. The first-order valence-electron chi connectivity index (χ1n) is 32.5. The van der Waals surface area contributed by atoms with E-state index in [4.69, 9.17) is 14.2 Å². The van der Waals surface area contributed by atoms with Crippen LogP contribution in [0.5, 0.6) is 0 Å². The molecule has 6 nitrogen and oxygen atoms in total. The molecule has 0 fully saturated rings. The molecule has 71 heavy (non-hydrogen) atoms. The molecule has 0 aromatic carbocycles. The van der Waals surface area contributed by atoms with E-state index in [1.807, 2.05) is 0 Å². The monoisotopic (exact) mass is 1000 g/mol. The van der Waals surface area contributed by atoms with Gasteiger partial charge < -0.3 is 14.2 Å². The van der Waals surface area contributed by atoms with Gasteiger partial charge in [-0.1, -0.05) is 342 Å². The summed E-state index contributed by atoms with van der Waals surface area (Å²) in [4.78, 5) is 38.3. The molecule has 1 unspecified atom stereocenters. The van der Waals surface area contributed by atoms with Gasteiger partial charge in [-0.05, 0) is 19.3 Å². The molecule has 422 valence electrons. The molecule has 0 rings (SSSR count). The van der Waals surface area contributed by atoms with Gasteiger partial charge in [0.15, 0.2) is 6.10 Å². The van der Waals surface area contributed by atoms with E-state index >= 15 is 0 Å². The van der Waals surface area contributed by atoms with Gasteiger partial charge in [0.05, 0.1) is 0 Å². The fourth-order valence-corrected chi connectivity index (χ4v) is 10.2. The van der Waals surface area contributed by atoms with E-state index < -0.39 is 6.10 Å². The second-order valence-corrected chi connectivity index (χ2v) is 22.4. The molecule has 0 amide bonds. The first-order chi connectivity index (χ1) is 35.0. The molecule has 0 aliphatic carbocycles. The third kappa shape index (κ3) is 59.2. The summed E-state index contributed by atoms with van der Waals surface area (Å²) >= 11 is 0. The van der Waals surface area contributed by atoms with Crippen LogP contribution in [0.2, 0.25) is 0 Å². The normalized spacial score (nSPS) is 11.9. The SMILES string of the molecule is CCCCCCCCCCCCCCCCCCCCCCC(=O)OCC(COC(=O)CCCCCCCCCCCCCCCCCC)OC(=O)CCCCCCCCCCCCCCCCCCC. The van der Waals surface area contributed by atoms with E-state index in [1.165, 1.54) is 283 Å². The number of hydrogen-bond donors (Lipinski definition) is 0. The van der Waals surface area contributed by atoms with Crippen molar-refractivity contribution in [2.24, 2.45) is 0 Å². The summed E-state index contributed by atoms with van der Waals surface area (Å²) in [5, 5.41) is 0. The van der Waals surface area contributed by atoms with Crippen molar-refractivity contribution in [2.75, 3.05) is 13.2 Å². The third-order valence-corrected chi connectivity index (χ3v) is 15.1. The molecule has 6 heteroatoms. The Morgan fingerprint density at radius 1 is 0.225 bits per heavy atom. The minimum Gasteiger partial charge on any atom is -0.462 e. The van der Waals surface area contributed by atoms with Crippen LogP contribution in [0.25, 0.3) is 0 Å². The lowest BCUT2D eigenvalue weighted by Gasteiger charge is -2.18. The molecule has 0 saturated heterocycles. The van der Waals surface area contributed by atoms with Crippen molar-refractivity contribution in [1.29, 1.82) is 0 Å². The Kier molecular flexibility index (Phi) is 59.6. The molecule has 0 N–H and O–H groups in total. The number of esters is 3. The van der Waals surface area contributed by atoms with Crippen LogP contribution in [0.4, 0.5) is 0 Å². The van der Waals surface area contributed by atoms with Crippen molar-refractivity contribution < 1.29 is 28.6 Å². The average molecular weight is 1000 g/mol. The Hall–Kier alpha value is -1.59. The number of ether oxygens (including phenoxy) is 3. The molecule has 0 saturated carbocycles. The van der Waals surface area contributed by atoms with Gasteiger partial charge in [-0.2, -0.15) is 0 Å². The summed E-state index contributed by atoms with van der Waals surface area (Å²) < 4.78 is 17.0. The number of hydrogen-bond acceptors (Lipinski definition) is 6. The molecule has 0 aromatic heterocycles. The van der Waals surface area contributed by atoms with Gasteiger partial charge in [-0.15, -0.1) is 0 Å². The number of carbonyl (C=O) groups is 3. The van der Waals surface area contributed by atoms with E-state index in [0.717, 1.165) is 57.8 Å². The van der Waals surface area contributed by atoms with Crippen LogP contribution in [0.15, 0.2) is 0 Å². The van der Waals surface area contributed by atoms with Crippen molar-refractivity contribution in [2.45, 2.75) is 386 Å². The molecule has 0 aliphatic heterocycles. The van der Waals surface area contributed by atoms with E-state index in [0.29, 0.717) is 19.3 Å². The van der Waals surface area contributed by atoms with Gasteiger partial charge in [-0.25, -0.2) is 0 Å². The lowest BCUT2D eigenvalue weighted by Crippen LogP contribution is -2.30. The number of carbonyl (C=O) groups excluding carboxylic acids is 3. The fraction of sp³-hybridized carbons (Fsp3) is 0.954. The van der Waals surface area contributed by atoms with Crippen LogP contribution in [0, 0.1) is 0 Å². The third-order valence-electron chi connectivity index (χ3n) is 15.1. The average Bonchev–Trinajstić information content (AvgIpc) is 3.37. The summed E-state index contributed by atoms with van der Waals surface area (Å²) in [6.07, 6.45) is 69.6. The Morgan fingerprint density at radius 3 is 0.563 bits per heavy atom. The lowest BCUT2D eigenvalue weighted by atomic mass is 10.0. The summed E-state index contributed by atoms with van der Waals surface area (Å²) in [6, 6.07) is 0. The van der Waals surface area contributed by atoms with E-state index in [2.05, 4.69) is 20.8 Å². The molecular formula is C65H126O6. The molecule has 0 bridgehead atoms. The van der Waals surface area contributed by atoms with Crippen molar-refractivity contribution in [3.63, 3.8) is 0 Å². The topological polar surface area (TPSA) is 78.9 Å². The van der Waals surface area contributed by atoms with E-state index in [9.17, 15) is 14.4 Å². The van der Waals surface area contributed by atoms with Crippen molar-refractivity contribution in [3.05, 3.63) is 0 Å². The molecule has 0 aliphatic rings. The van der Waals surface area contributed by atoms with Crippen molar-refractivity contribution in [3.8, 4) is 0 Å². The maximum atomic E-state index is 12.9. The van der Waals surface area contributed by atoms with Gasteiger partial charge in [0, 0.05) is 19.3 Å². The van der Waals surface area contributed by atoms with E-state index in [-0.39, 0.29) is 31.1 Å². The second kappa shape index (κ2) is 61.0. The Morgan fingerprint density at radius 2 is 0.380 bits per heavy atom. The van der Waals surface area contributed by atoms with Gasteiger partial charge in [0.1, 0.15) is 13.2 Å². The lowest BCUT2D eigenvalue weighted by molar-refractivity contribution is -0.167. The largest absolute Gasteiger partial charge is 0.462 e. The number of rotatable bonds is 61. The van der Waals surface area contributed by atoms with Crippen LogP contribution >= 0.6 is 0 Å². The zero-order valence-electron chi connectivity index (χ0n) is 48.5. The maximum Gasteiger partial charge on any atom is 0.306 e. The van der Waals surface area contributed by atoms with Crippen LogP contribution in [-0.2, 0) is 28.6 Å². The standard InChI is InChI=1S/C65H126O6/c1-4-7-10-13-16-19-22-25-28-31-32-33-35-37-40-43-46-49-52-55-58-64(67)70-61-62(60-69-63(66)57-54-51-48-45-42-39-36-30-27-24-21-18-15-12-9-6-3)71-65(68)59-56-53-50-47-44-41-38-34-29-26-23-20-17-14-11-8-5-2/h62H,4-61H2,1-3H3. The van der Waals surface area contributed by atoms with Gasteiger partial charge >= 0.3 is 17.9 Å². The Balaban J connectivity index is 4.27. The van der Waals surface area contributed by atoms with Gasteiger partial charge in [0.2, 0.25) is 0 Å². The highest BCUT2D eigenvalue weighted by Crippen LogP contribution is 2.19. The highest BCUT2D eigenvalue weighted by molar-refractivity contribution is 5.71. The Bertz CT molecular complexity index is 1060. The first-order valence-corrected chi connectivity index (χ1v) is 32.5. The highest BCUT2D eigenvalue weighted by atomic mass is 16.6. The fourth-order valence-electron chi connectivity index (χ4n) is 10.2. The summed E-state index contributed by atoms with van der Waals surface area (Å²) in [5.41, 5.74) is 0. The van der Waals surface area contributed by atoms with Crippen LogP contribution in [0.1, 0.15) is 380 Å². The molecule has 0 radical (unpaired) electrons. The zero-order valence-corrected chi connectivity index (χ0v) is 48.5. The molecule has 0 spiro atoms. The minimum absolute atomic E-state index is 0.0604. The van der Waals surface area contributed by atoms with Crippen LogP contribution in [-0.4, -0.2) is 37.2 Å². The predicted octanol–water partition coefficient (Wildman–Crippen LogP) is 21.9. The molecular weight excluding hydrogens is 877 g/mol. The number of unbranched alkanes of at least 4 members (excludes halogenated alkanes) is 50.